The Morgan fingerprint density at radius 2 is 2.12 bits per heavy atom. The van der Waals surface area contributed by atoms with Crippen LogP contribution in [0.25, 0.3) is 0 Å². The number of carbonyl (C=O) groups is 1. The molecule has 0 aromatic carbocycles. The van der Waals surface area contributed by atoms with Gasteiger partial charge in [0.05, 0.1) is 12.5 Å². The second-order valence-electron chi connectivity index (χ2n) is 4.58. The fourth-order valence-electron chi connectivity index (χ4n) is 2.21. The highest BCUT2D eigenvalue weighted by Gasteiger charge is 2.25. The van der Waals surface area contributed by atoms with Crippen molar-refractivity contribution in [3.05, 3.63) is 12.2 Å². The fourth-order valence-corrected chi connectivity index (χ4v) is 2.21. The lowest BCUT2D eigenvalue weighted by atomic mass is 9.97. The number of likely N-dealkylation sites (tertiary alicyclic amines) is 1. The molecule has 1 rings (SSSR count). The minimum atomic E-state index is -0.0267. The molecule has 0 saturated carbocycles. The monoisotopic (exact) mass is 240 g/mol. The summed E-state index contributed by atoms with van der Waals surface area (Å²) in [4.78, 5) is 13.9. The predicted molar refractivity (Wildman–Crippen MR) is 68.9 cm³/mol. The molecule has 1 aliphatic rings. The molecule has 0 aromatic heterocycles. The van der Waals surface area contributed by atoms with E-state index in [1.54, 1.807) is 0 Å². The van der Waals surface area contributed by atoms with Crippen LogP contribution in [0, 0.1) is 5.92 Å². The molecule has 1 N–H and O–H groups in total. The quantitative estimate of drug-likeness (QED) is 0.556. The Morgan fingerprint density at radius 1 is 1.47 bits per heavy atom. The summed E-state index contributed by atoms with van der Waals surface area (Å²) in [6, 6.07) is 0. The lowest BCUT2D eigenvalue weighted by molar-refractivity contribution is -0.149. The molecule has 1 heterocycles. The molecule has 0 unspecified atom stereocenters. The van der Waals surface area contributed by atoms with Crippen molar-refractivity contribution in [2.24, 2.45) is 5.92 Å². The van der Waals surface area contributed by atoms with E-state index in [0.717, 1.165) is 39.0 Å². The predicted octanol–water partition coefficient (Wildman–Crippen LogP) is 1.04. The van der Waals surface area contributed by atoms with Crippen LogP contribution in [0.15, 0.2) is 12.2 Å². The molecular formula is C13H24N2O2. The third-order valence-electron chi connectivity index (χ3n) is 3.08. The Labute approximate surface area is 104 Å². The summed E-state index contributed by atoms with van der Waals surface area (Å²) in [7, 11) is 1.93. The van der Waals surface area contributed by atoms with Gasteiger partial charge in [0.25, 0.3) is 0 Å². The molecule has 0 atom stereocenters. The highest BCUT2D eigenvalue weighted by atomic mass is 16.5. The molecule has 17 heavy (non-hydrogen) atoms. The van der Waals surface area contributed by atoms with Gasteiger partial charge in [0.15, 0.2) is 0 Å². The van der Waals surface area contributed by atoms with Crippen LogP contribution in [0.1, 0.15) is 19.8 Å². The lowest BCUT2D eigenvalue weighted by Crippen LogP contribution is -2.38. The first-order valence-corrected chi connectivity index (χ1v) is 6.37. The molecule has 4 nitrogen and oxygen atoms in total. The lowest BCUT2D eigenvalue weighted by Gasteiger charge is -2.31. The van der Waals surface area contributed by atoms with Crippen molar-refractivity contribution >= 4 is 5.97 Å². The third kappa shape index (κ3) is 4.88. The average molecular weight is 240 g/mol. The van der Waals surface area contributed by atoms with E-state index in [-0.39, 0.29) is 11.9 Å². The molecule has 1 saturated heterocycles. The van der Waals surface area contributed by atoms with E-state index in [9.17, 15) is 4.79 Å². The maximum absolute atomic E-state index is 11.6. The van der Waals surface area contributed by atoms with Crippen molar-refractivity contribution in [1.82, 2.24) is 10.2 Å². The Bertz CT molecular complexity index is 258. The van der Waals surface area contributed by atoms with Gasteiger partial charge in [-0.2, -0.15) is 0 Å². The molecule has 0 aliphatic carbocycles. The first kappa shape index (κ1) is 14.2. The van der Waals surface area contributed by atoms with E-state index in [1.165, 1.54) is 5.57 Å². The zero-order valence-electron chi connectivity index (χ0n) is 11.0. The Hall–Kier alpha value is -0.870. The van der Waals surface area contributed by atoms with Gasteiger partial charge in [0.2, 0.25) is 0 Å². The van der Waals surface area contributed by atoms with Crippen molar-refractivity contribution < 1.29 is 9.53 Å². The van der Waals surface area contributed by atoms with Gasteiger partial charge in [0, 0.05) is 13.1 Å². The van der Waals surface area contributed by atoms with Crippen molar-refractivity contribution in [3.8, 4) is 0 Å². The summed E-state index contributed by atoms with van der Waals surface area (Å²) >= 11 is 0. The molecule has 0 amide bonds. The first-order chi connectivity index (χ1) is 8.17. The summed E-state index contributed by atoms with van der Waals surface area (Å²) in [5, 5.41) is 3.10. The Morgan fingerprint density at radius 3 is 2.65 bits per heavy atom. The van der Waals surface area contributed by atoms with Crippen LogP contribution >= 0.6 is 0 Å². The van der Waals surface area contributed by atoms with Gasteiger partial charge in [-0.05, 0) is 45.5 Å². The van der Waals surface area contributed by atoms with Gasteiger partial charge < -0.3 is 10.1 Å². The van der Waals surface area contributed by atoms with Crippen LogP contribution in [0.4, 0.5) is 0 Å². The Kier molecular flexibility index (Phi) is 6.22. The van der Waals surface area contributed by atoms with Gasteiger partial charge in [0.1, 0.15) is 0 Å². The standard InChI is InChI=1S/C13H24N2O2/c1-4-17-13(16)12-5-7-15(8-6-12)10-11(2)9-14-3/h12,14H,2,4-10H2,1,3H3. The van der Waals surface area contributed by atoms with E-state index in [0.29, 0.717) is 6.61 Å². The zero-order chi connectivity index (χ0) is 12.7. The van der Waals surface area contributed by atoms with E-state index in [2.05, 4.69) is 16.8 Å². The van der Waals surface area contributed by atoms with Crippen molar-refractivity contribution in [1.29, 1.82) is 0 Å². The maximum atomic E-state index is 11.6. The number of likely N-dealkylation sites (N-methyl/N-ethyl adjacent to an activating group) is 1. The van der Waals surface area contributed by atoms with Crippen LogP contribution in [0.3, 0.4) is 0 Å². The minimum Gasteiger partial charge on any atom is -0.466 e. The van der Waals surface area contributed by atoms with Crippen molar-refractivity contribution in [2.75, 3.05) is 39.8 Å². The molecule has 98 valence electrons. The number of esters is 1. The number of nitrogens with zero attached hydrogens (tertiary/aromatic N) is 1. The smallest absolute Gasteiger partial charge is 0.309 e. The van der Waals surface area contributed by atoms with Crippen molar-refractivity contribution in [3.63, 3.8) is 0 Å². The number of carbonyl (C=O) groups excluding carboxylic acids is 1. The molecule has 0 spiro atoms. The number of hydrogen-bond donors (Lipinski definition) is 1. The fraction of sp³-hybridized carbons (Fsp3) is 0.769. The minimum absolute atomic E-state index is 0.0267. The normalized spacial score (nSPS) is 18.0. The molecule has 0 radical (unpaired) electrons. The molecule has 4 heteroatoms. The SMILES string of the molecule is C=C(CNC)CN1CCC(C(=O)OCC)CC1. The van der Waals surface area contributed by atoms with Crippen LogP contribution in [0.2, 0.25) is 0 Å². The summed E-state index contributed by atoms with van der Waals surface area (Å²) in [5.74, 6) is 0.0740. The first-order valence-electron chi connectivity index (χ1n) is 6.37. The second kappa shape index (κ2) is 7.45. The zero-order valence-corrected chi connectivity index (χ0v) is 11.0. The molecular weight excluding hydrogens is 216 g/mol. The van der Waals surface area contributed by atoms with Crippen LogP contribution in [0.5, 0.6) is 0 Å². The number of rotatable bonds is 6. The third-order valence-corrected chi connectivity index (χ3v) is 3.08. The molecule has 0 bridgehead atoms. The highest BCUT2D eigenvalue weighted by molar-refractivity contribution is 5.72. The van der Waals surface area contributed by atoms with Gasteiger partial charge >= 0.3 is 5.97 Å². The maximum Gasteiger partial charge on any atom is 0.309 e. The van der Waals surface area contributed by atoms with Crippen LogP contribution in [-0.4, -0.2) is 50.7 Å². The highest BCUT2D eigenvalue weighted by Crippen LogP contribution is 2.19. The van der Waals surface area contributed by atoms with E-state index < -0.39 is 0 Å². The molecule has 1 fully saturated rings. The van der Waals surface area contributed by atoms with Gasteiger partial charge in [-0.15, -0.1) is 0 Å². The van der Waals surface area contributed by atoms with E-state index >= 15 is 0 Å². The summed E-state index contributed by atoms with van der Waals surface area (Å²) in [6.07, 6.45) is 1.82. The summed E-state index contributed by atoms with van der Waals surface area (Å²) < 4.78 is 5.05. The number of nitrogens with one attached hydrogen (secondary N) is 1. The second-order valence-corrected chi connectivity index (χ2v) is 4.58. The van der Waals surface area contributed by atoms with E-state index in [1.807, 2.05) is 14.0 Å². The van der Waals surface area contributed by atoms with E-state index in [4.69, 9.17) is 4.74 Å². The van der Waals surface area contributed by atoms with Crippen LogP contribution in [-0.2, 0) is 9.53 Å². The summed E-state index contributed by atoms with van der Waals surface area (Å²) in [5.41, 5.74) is 1.20. The molecule has 1 aliphatic heterocycles. The largest absolute Gasteiger partial charge is 0.466 e. The number of hydrogen-bond acceptors (Lipinski definition) is 4. The summed E-state index contributed by atoms with van der Waals surface area (Å²) in [6.45, 7) is 10.1. The topological polar surface area (TPSA) is 41.6 Å². The molecule has 0 aromatic rings. The van der Waals surface area contributed by atoms with Crippen LogP contribution < -0.4 is 5.32 Å². The van der Waals surface area contributed by atoms with Gasteiger partial charge in [-0.3, -0.25) is 9.69 Å². The number of ether oxygens (including phenoxy) is 1. The number of piperidine rings is 1. The van der Waals surface area contributed by atoms with Crippen molar-refractivity contribution in [2.45, 2.75) is 19.8 Å². The Balaban J connectivity index is 2.26. The van der Waals surface area contributed by atoms with Gasteiger partial charge in [-0.25, -0.2) is 0 Å². The average Bonchev–Trinajstić information content (AvgIpc) is 2.30. The van der Waals surface area contributed by atoms with Gasteiger partial charge in [-0.1, -0.05) is 6.58 Å².